The molecule has 0 bridgehead atoms. The third-order valence-electron chi connectivity index (χ3n) is 14.6. The Kier molecular flexibility index (Phi) is 9.05. The Morgan fingerprint density at radius 2 is 0.642 bits per heavy atom. The molecule has 0 aliphatic heterocycles. The maximum absolute atomic E-state index is 2.51. The second kappa shape index (κ2) is 15.6. The quantitative estimate of drug-likeness (QED) is 0.147. The SMILES string of the molecule is c1ccc(C2(c3ccc(N(c4ccc(-c5cccc6ccccc56)cc4)c4cccc5c4C(c4ccccc4)(c4ccccc4)c4ccccc4-5)cc3)c3ccccc3-c3ccccc32)cc1. The predicted molar refractivity (Wildman–Crippen MR) is 279 cm³/mol. The fourth-order valence-corrected chi connectivity index (χ4v) is 11.9. The van der Waals surface area contributed by atoms with Gasteiger partial charge in [0.25, 0.3) is 0 Å². The van der Waals surface area contributed by atoms with E-state index < -0.39 is 10.8 Å². The van der Waals surface area contributed by atoms with Crippen molar-refractivity contribution in [1.29, 1.82) is 0 Å². The van der Waals surface area contributed by atoms with E-state index >= 15 is 0 Å². The number of rotatable bonds is 8. The molecule has 0 fully saturated rings. The van der Waals surface area contributed by atoms with Gasteiger partial charge in [-0.15, -0.1) is 0 Å². The fourth-order valence-electron chi connectivity index (χ4n) is 11.9. The summed E-state index contributed by atoms with van der Waals surface area (Å²) in [5.74, 6) is 0. The third kappa shape index (κ3) is 5.75. The summed E-state index contributed by atoms with van der Waals surface area (Å²) in [5.41, 5.74) is 19.9. The van der Waals surface area contributed by atoms with Crippen molar-refractivity contribution >= 4 is 27.8 Å². The molecule has 11 aromatic carbocycles. The molecule has 67 heavy (non-hydrogen) atoms. The molecular formula is C66H45N. The highest BCUT2D eigenvalue weighted by Gasteiger charge is 2.49. The molecule has 0 unspecified atom stereocenters. The summed E-state index contributed by atoms with van der Waals surface area (Å²) >= 11 is 0. The number of anilines is 3. The number of hydrogen-bond acceptors (Lipinski definition) is 1. The smallest absolute Gasteiger partial charge is 0.0734 e. The zero-order valence-corrected chi connectivity index (χ0v) is 36.9. The molecule has 0 aromatic heterocycles. The minimum Gasteiger partial charge on any atom is -0.310 e. The number of benzene rings is 11. The van der Waals surface area contributed by atoms with E-state index in [1.165, 1.54) is 88.7 Å². The average Bonchev–Trinajstić information content (AvgIpc) is 3.89. The van der Waals surface area contributed by atoms with Crippen LogP contribution in [0.1, 0.15) is 44.5 Å². The van der Waals surface area contributed by atoms with Gasteiger partial charge < -0.3 is 4.90 Å². The molecule has 11 aromatic rings. The molecule has 1 heteroatoms. The van der Waals surface area contributed by atoms with Gasteiger partial charge in [-0.2, -0.15) is 0 Å². The molecule has 2 aliphatic rings. The monoisotopic (exact) mass is 851 g/mol. The molecule has 1 nitrogen and oxygen atoms in total. The van der Waals surface area contributed by atoms with Gasteiger partial charge in [-0.3, -0.25) is 0 Å². The summed E-state index contributed by atoms with van der Waals surface area (Å²) in [7, 11) is 0. The molecule has 0 saturated carbocycles. The Bertz CT molecular complexity index is 3520. The van der Waals surface area contributed by atoms with Gasteiger partial charge >= 0.3 is 0 Å². The Morgan fingerprint density at radius 1 is 0.254 bits per heavy atom. The lowest BCUT2D eigenvalue weighted by molar-refractivity contribution is 0.766. The van der Waals surface area contributed by atoms with Crippen LogP contribution in [0.5, 0.6) is 0 Å². The summed E-state index contributed by atoms with van der Waals surface area (Å²) in [6, 6.07) is 101. The maximum atomic E-state index is 2.51. The van der Waals surface area contributed by atoms with Gasteiger partial charge in [-0.1, -0.05) is 243 Å². The van der Waals surface area contributed by atoms with Crippen molar-refractivity contribution in [3.05, 3.63) is 317 Å². The topological polar surface area (TPSA) is 3.24 Å². The molecule has 13 rings (SSSR count). The average molecular weight is 852 g/mol. The second-order valence-electron chi connectivity index (χ2n) is 17.9. The highest BCUT2D eigenvalue weighted by atomic mass is 15.1. The molecule has 0 spiro atoms. The van der Waals surface area contributed by atoms with Crippen LogP contribution in [0.4, 0.5) is 17.1 Å². The van der Waals surface area contributed by atoms with Crippen LogP contribution in [-0.2, 0) is 10.8 Å². The van der Waals surface area contributed by atoms with Gasteiger partial charge in [0, 0.05) is 16.9 Å². The first-order valence-electron chi connectivity index (χ1n) is 23.3. The zero-order valence-electron chi connectivity index (χ0n) is 36.9. The fraction of sp³-hybridized carbons (Fsp3) is 0.0303. The van der Waals surface area contributed by atoms with Crippen LogP contribution in [0.2, 0.25) is 0 Å². The molecule has 2 aliphatic carbocycles. The molecule has 314 valence electrons. The Hall–Kier alpha value is -8.52. The lowest BCUT2D eigenvalue weighted by Crippen LogP contribution is -2.30. The summed E-state index contributed by atoms with van der Waals surface area (Å²) < 4.78 is 0. The number of nitrogens with zero attached hydrogens (tertiary/aromatic N) is 1. The van der Waals surface area contributed by atoms with Gasteiger partial charge in [-0.25, -0.2) is 0 Å². The van der Waals surface area contributed by atoms with Crippen LogP contribution in [0, 0.1) is 0 Å². The lowest BCUT2D eigenvalue weighted by atomic mass is 9.67. The molecule has 0 N–H and O–H groups in total. The standard InChI is InChI=1S/C66H45N/c1-4-22-48(23-5-1)65(60-34-15-12-29-56(60)57-30-13-16-35-61(57)65)51-40-44-53(45-41-51)67(52-42-38-47(39-43-52)55-32-18-21-46-20-10-11-28-54(46)55)63-37-19-33-59-58-31-14-17-36-62(58)66(64(59)63,49-24-6-2-7-25-49)50-26-8-3-9-27-50/h1-45H. The van der Waals surface area contributed by atoms with Crippen LogP contribution in [0.3, 0.4) is 0 Å². The van der Waals surface area contributed by atoms with Crippen molar-refractivity contribution in [2.24, 2.45) is 0 Å². The molecule has 0 heterocycles. The molecule has 0 radical (unpaired) electrons. The molecule has 0 saturated heterocycles. The van der Waals surface area contributed by atoms with Gasteiger partial charge in [0.1, 0.15) is 0 Å². The Morgan fingerprint density at radius 3 is 1.22 bits per heavy atom. The third-order valence-corrected chi connectivity index (χ3v) is 14.6. The van der Waals surface area contributed by atoms with E-state index in [0.717, 1.165) is 17.1 Å². The first kappa shape index (κ1) is 38.9. The van der Waals surface area contributed by atoms with Gasteiger partial charge in [0.05, 0.1) is 16.5 Å². The van der Waals surface area contributed by atoms with Crippen molar-refractivity contribution in [2.45, 2.75) is 10.8 Å². The maximum Gasteiger partial charge on any atom is 0.0734 e. The van der Waals surface area contributed by atoms with Crippen molar-refractivity contribution in [3.8, 4) is 33.4 Å². The highest BCUT2D eigenvalue weighted by Crippen LogP contribution is 2.61. The van der Waals surface area contributed by atoms with Crippen LogP contribution >= 0.6 is 0 Å². The van der Waals surface area contributed by atoms with Crippen molar-refractivity contribution < 1.29 is 0 Å². The lowest BCUT2D eigenvalue weighted by Gasteiger charge is -2.38. The summed E-state index contributed by atoms with van der Waals surface area (Å²) in [6.07, 6.45) is 0. The van der Waals surface area contributed by atoms with E-state index in [9.17, 15) is 0 Å². The van der Waals surface area contributed by atoms with E-state index in [-0.39, 0.29) is 0 Å². The first-order chi connectivity index (χ1) is 33.3. The van der Waals surface area contributed by atoms with Gasteiger partial charge in [-0.05, 0) is 113 Å². The Labute approximate surface area is 392 Å². The van der Waals surface area contributed by atoms with E-state index in [4.69, 9.17) is 0 Å². The summed E-state index contributed by atoms with van der Waals surface area (Å²) in [4.78, 5) is 2.51. The van der Waals surface area contributed by atoms with Gasteiger partial charge in [0.2, 0.25) is 0 Å². The molecule has 0 amide bonds. The van der Waals surface area contributed by atoms with Crippen LogP contribution in [-0.4, -0.2) is 0 Å². The summed E-state index contributed by atoms with van der Waals surface area (Å²) in [5, 5.41) is 2.49. The largest absolute Gasteiger partial charge is 0.310 e. The predicted octanol–water partition coefficient (Wildman–Crippen LogP) is 16.7. The Balaban J connectivity index is 1.06. The van der Waals surface area contributed by atoms with Crippen LogP contribution < -0.4 is 4.90 Å². The zero-order chi connectivity index (χ0) is 44.4. The number of fused-ring (bicyclic) bond motifs is 7. The number of hydrogen-bond donors (Lipinski definition) is 0. The second-order valence-corrected chi connectivity index (χ2v) is 17.9. The minimum atomic E-state index is -0.596. The minimum absolute atomic E-state index is 0.497. The van der Waals surface area contributed by atoms with Crippen LogP contribution in [0.25, 0.3) is 44.2 Å². The van der Waals surface area contributed by atoms with E-state index in [1.807, 2.05) is 0 Å². The van der Waals surface area contributed by atoms with Crippen molar-refractivity contribution in [2.75, 3.05) is 4.90 Å². The van der Waals surface area contributed by atoms with Crippen molar-refractivity contribution in [1.82, 2.24) is 0 Å². The van der Waals surface area contributed by atoms with Crippen molar-refractivity contribution in [3.63, 3.8) is 0 Å². The normalized spacial score (nSPS) is 13.6. The molecule has 0 atom stereocenters. The highest BCUT2D eigenvalue weighted by molar-refractivity contribution is 5.98. The van der Waals surface area contributed by atoms with Gasteiger partial charge in [0.15, 0.2) is 0 Å². The molecular weight excluding hydrogens is 807 g/mol. The van der Waals surface area contributed by atoms with E-state index in [1.54, 1.807) is 0 Å². The van der Waals surface area contributed by atoms with E-state index in [0.29, 0.717) is 0 Å². The first-order valence-corrected chi connectivity index (χ1v) is 23.3. The summed E-state index contributed by atoms with van der Waals surface area (Å²) in [6.45, 7) is 0. The van der Waals surface area contributed by atoms with E-state index in [2.05, 4.69) is 278 Å². The van der Waals surface area contributed by atoms with Crippen LogP contribution in [0.15, 0.2) is 273 Å².